The zero-order valence-electron chi connectivity index (χ0n) is 12.0. The molecule has 0 unspecified atom stereocenters. The second-order valence-electron chi connectivity index (χ2n) is 5.11. The summed E-state index contributed by atoms with van der Waals surface area (Å²) in [6, 6.07) is 7.87. The van der Waals surface area contributed by atoms with E-state index in [1.807, 2.05) is 49.1 Å². The highest BCUT2D eigenvalue weighted by atomic mass is 35.5. The summed E-state index contributed by atoms with van der Waals surface area (Å²) in [7, 11) is 1.93. The Bertz CT molecular complexity index is 816. The van der Waals surface area contributed by atoms with Gasteiger partial charge in [-0.25, -0.2) is 0 Å². The third kappa shape index (κ3) is 2.36. The van der Waals surface area contributed by atoms with E-state index in [1.165, 1.54) is 0 Å². The van der Waals surface area contributed by atoms with Crippen molar-refractivity contribution < 1.29 is 4.79 Å². The van der Waals surface area contributed by atoms with Gasteiger partial charge in [-0.05, 0) is 37.6 Å². The van der Waals surface area contributed by atoms with E-state index in [2.05, 4.69) is 9.67 Å². The van der Waals surface area contributed by atoms with Crippen LogP contribution in [-0.4, -0.2) is 20.6 Å². The molecule has 0 N–H and O–H groups in total. The normalized spacial score (nSPS) is 11.2. The smallest absolute Gasteiger partial charge is 0.138 e. The molecular weight excluding hydrogens is 286 g/mol. The first-order chi connectivity index (χ1) is 10.1. The van der Waals surface area contributed by atoms with Crippen molar-refractivity contribution in [3.63, 3.8) is 0 Å². The van der Waals surface area contributed by atoms with Gasteiger partial charge in [0.05, 0.1) is 11.2 Å². The SMILES string of the molecule is Cc1nn(C)c(-n2ccc3cc(Cl)ccc32)c1CCC=O. The first-order valence-corrected chi connectivity index (χ1v) is 7.22. The molecule has 2 aromatic heterocycles. The van der Waals surface area contributed by atoms with E-state index in [0.29, 0.717) is 12.8 Å². The second-order valence-corrected chi connectivity index (χ2v) is 5.54. The molecule has 0 atom stereocenters. The van der Waals surface area contributed by atoms with E-state index in [0.717, 1.165) is 39.3 Å². The zero-order chi connectivity index (χ0) is 15.0. The summed E-state index contributed by atoms with van der Waals surface area (Å²) in [6.07, 6.45) is 4.17. The van der Waals surface area contributed by atoms with Crippen LogP contribution in [0.1, 0.15) is 17.7 Å². The summed E-state index contributed by atoms with van der Waals surface area (Å²) >= 11 is 6.04. The third-order valence-electron chi connectivity index (χ3n) is 3.71. The number of halogens is 1. The lowest BCUT2D eigenvalue weighted by molar-refractivity contribution is -0.107. The van der Waals surface area contributed by atoms with Gasteiger partial charge >= 0.3 is 0 Å². The molecule has 1 aromatic carbocycles. The zero-order valence-corrected chi connectivity index (χ0v) is 12.8. The highest BCUT2D eigenvalue weighted by Gasteiger charge is 2.16. The summed E-state index contributed by atoms with van der Waals surface area (Å²) in [4.78, 5) is 10.7. The van der Waals surface area contributed by atoms with E-state index in [4.69, 9.17) is 11.6 Å². The Morgan fingerprint density at radius 1 is 1.33 bits per heavy atom. The number of hydrogen-bond acceptors (Lipinski definition) is 2. The van der Waals surface area contributed by atoms with Crippen LogP contribution in [0.3, 0.4) is 0 Å². The molecule has 0 aliphatic carbocycles. The van der Waals surface area contributed by atoms with Crippen LogP contribution in [0.4, 0.5) is 0 Å². The Morgan fingerprint density at radius 3 is 2.90 bits per heavy atom. The molecule has 0 aliphatic heterocycles. The van der Waals surface area contributed by atoms with Crippen LogP contribution in [0.2, 0.25) is 5.02 Å². The summed E-state index contributed by atoms with van der Waals surface area (Å²) < 4.78 is 3.97. The number of carbonyl (C=O) groups is 1. The molecule has 0 fully saturated rings. The van der Waals surface area contributed by atoms with Gasteiger partial charge in [-0.1, -0.05) is 11.6 Å². The van der Waals surface area contributed by atoms with E-state index in [1.54, 1.807) is 0 Å². The third-order valence-corrected chi connectivity index (χ3v) is 3.94. The van der Waals surface area contributed by atoms with Crippen LogP contribution >= 0.6 is 11.6 Å². The molecule has 0 bridgehead atoms. The summed E-state index contributed by atoms with van der Waals surface area (Å²) in [5.74, 6) is 1.01. The maximum absolute atomic E-state index is 10.7. The number of rotatable bonds is 4. The van der Waals surface area contributed by atoms with Crippen LogP contribution in [0.25, 0.3) is 16.7 Å². The van der Waals surface area contributed by atoms with Crippen molar-refractivity contribution in [1.82, 2.24) is 14.3 Å². The maximum atomic E-state index is 10.7. The highest BCUT2D eigenvalue weighted by molar-refractivity contribution is 6.31. The molecule has 3 aromatic rings. The van der Waals surface area contributed by atoms with Gasteiger partial charge in [-0.2, -0.15) is 5.10 Å². The summed E-state index contributed by atoms with van der Waals surface area (Å²) in [5.41, 5.74) is 3.15. The van der Waals surface area contributed by atoms with Crippen LogP contribution < -0.4 is 0 Å². The minimum Gasteiger partial charge on any atom is -0.303 e. The van der Waals surface area contributed by atoms with E-state index in [-0.39, 0.29) is 0 Å². The van der Waals surface area contributed by atoms with Crippen LogP contribution in [0.5, 0.6) is 0 Å². The second kappa shape index (κ2) is 5.37. The largest absolute Gasteiger partial charge is 0.303 e. The monoisotopic (exact) mass is 301 g/mol. The summed E-state index contributed by atoms with van der Waals surface area (Å²) in [6.45, 7) is 1.98. The number of carbonyl (C=O) groups excluding carboxylic acids is 1. The van der Waals surface area contributed by atoms with Gasteiger partial charge in [0.25, 0.3) is 0 Å². The molecule has 0 saturated heterocycles. The van der Waals surface area contributed by atoms with Crippen LogP contribution in [0, 0.1) is 6.92 Å². The standard InChI is InChI=1S/C16H16ClN3O/c1-11-14(4-3-9-21)16(19(2)18-11)20-8-7-12-10-13(17)5-6-15(12)20/h5-10H,3-4H2,1-2H3. The van der Waals surface area contributed by atoms with E-state index >= 15 is 0 Å². The number of fused-ring (bicyclic) bond motifs is 1. The molecule has 0 saturated carbocycles. The lowest BCUT2D eigenvalue weighted by Crippen LogP contribution is -2.04. The molecule has 0 amide bonds. The van der Waals surface area contributed by atoms with E-state index < -0.39 is 0 Å². The van der Waals surface area contributed by atoms with Gasteiger partial charge in [0, 0.05) is 35.6 Å². The number of nitrogens with zero attached hydrogens (tertiary/aromatic N) is 3. The minimum absolute atomic E-state index is 0.505. The molecule has 21 heavy (non-hydrogen) atoms. The van der Waals surface area contributed by atoms with Gasteiger partial charge in [0.2, 0.25) is 0 Å². The van der Waals surface area contributed by atoms with E-state index in [9.17, 15) is 4.79 Å². The number of aryl methyl sites for hydroxylation is 2. The Kier molecular flexibility index (Phi) is 3.55. The first kappa shape index (κ1) is 13.9. The van der Waals surface area contributed by atoms with Gasteiger partial charge < -0.3 is 9.36 Å². The van der Waals surface area contributed by atoms with Crippen LogP contribution in [-0.2, 0) is 18.3 Å². The van der Waals surface area contributed by atoms with Crippen molar-refractivity contribution in [3.8, 4) is 5.82 Å². The fourth-order valence-electron chi connectivity index (χ4n) is 2.79. The summed E-state index contributed by atoms with van der Waals surface area (Å²) in [5, 5.41) is 6.31. The van der Waals surface area contributed by atoms with Gasteiger partial charge in [0.15, 0.2) is 0 Å². The van der Waals surface area contributed by atoms with Crippen molar-refractivity contribution in [2.75, 3.05) is 0 Å². The number of aldehydes is 1. The van der Waals surface area contributed by atoms with Crippen molar-refractivity contribution in [2.45, 2.75) is 19.8 Å². The fourth-order valence-corrected chi connectivity index (χ4v) is 2.97. The first-order valence-electron chi connectivity index (χ1n) is 6.85. The molecule has 0 aliphatic rings. The topological polar surface area (TPSA) is 39.8 Å². The molecule has 0 radical (unpaired) electrons. The predicted octanol–water partition coefficient (Wildman–Crippen LogP) is 3.46. The molecule has 108 valence electrons. The Morgan fingerprint density at radius 2 is 2.14 bits per heavy atom. The lowest BCUT2D eigenvalue weighted by Gasteiger charge is -2.09. The quantitative estimate of drug-likeness (QED) is 0.692. The van der Waals surface area contributed by atoms with Crippen molar-refractivity contribution in [2.24, 2.45) is 7.05 Å². The minimum atomic E-state index is 0.505. The van der Waals surface area contributed by atoms with Gasteiger partial charge in [-0.3, -0.25) is 4.68 Å². The average Bonchev–Trinajstić information content (AvgIpc) is 2.96. The van der Waals surface area contributed by atoms with Gasteiger partial charge in [0.1, 0.15) is 12.1 Å². The predicted molar refractivity (Wildman–Crippen MR) is 84.2 cm³/mol. The van der Waals surface area contributed by atoms with Crippen molar-refractivity contribution in [3.05, 3.63) is 46.7 Å². The molecular formula is C16H16ClN3O. The van der Waals surface area contributed by atoms with Crippen LogP contribution in [0.15, 0.2) is 30.5 Å². The van der Waals surface area contributed by atoms with Crippen molar-refractivity contribution >= 4 is 28.8 Å². The Labute approximate surface area is 127 Å². The average molecular weight is 302 g/mol. The number of benzene rings is 1. The number of aromatic nitrogens is 3. The molecule has 0 spiro atoms. The lowest BCUT2D eigenvalue weighted by atomic mass is 10.1. The molecule has 3 rings (SSSR count). The Balaban J connectivity index is 2.20. The molecule has 4 nitrogen and oxygen atoms in total. The number of hydrogen-bond donors (Lipinski definition) is 0. The van der Waals surface area contributed by atoms with Crippen molar-refractivity contribution in [1.29, 1.82) is 0 Å². The maximum Gasteiger partial charge on any atom is 0.138 e. The molecule has 2 heterocycles. The highest BCUT2D eigenvalue weighted by Crippen LogP contribution is 2.27. The molecule has 5 heteroatoms. The van der Waals surface area contributed by atoms with Gasteiger partial charge in [-0.15, -0.1) is 0 Å². The Hall–Kier alpha value is -2.07. The fraction of sp³-hybridized carbons (Fsp3) is 0.250.